The largest absolute Gasteiger partial charge is 0.487 e. The lowest BCUT2D eigenvalue weighted by molar-refractivity contribution is 0.0458. The molecule has 0 aliphatic rings. The van der Waals surface area contributed by atoms with Crippen molar-refractivity contribution in [2.45, 2.75) is 36.0 Å². The zero-order valence-corrected chi connectivity index (χ0v) is 23.6. The Morgan fingerprint density at radius 2 is 1.90 bits per heavy atom. The number of carboxylic acid groups (broad SMARTS) is 1. The van der Waals surface area contributed by atoms with Gasteiger partial charge in [-0.05, 0) is 49.7 Å². The van der Waals surface area contributed by atoms with Crippen molar-refractivity contribution in [2.24, 2.45) is 0 Å². The summed E-state index contributed by atoms with van der Waals surface area (Å²) in [4.78, 5) is 19.8. The first-order valence-electron chi connectivity index (χ1n) is 11.5. The number of fused-ring (bicyclic) bond motifs is 1. The number of nitrogens with zero attached hydrogens (tertiary/aromatic N) is 3. The van der Waals surface area contributed by atoms with E-state index in [4.69, 9.17) is 4.74 Å². The molecule has 39 heavy (non-hydrogen) atoms. The van der Waals surface area contributed by atoms with Gasteiger partial charge in [0.05, 0.1) is 32.3 Å². The van der Waals surface area contributed by atoms with E-state index in [0.717, 1.165) is 10.0 Å². The van der Waals surface area contributed by atoms with Crippen LogP contribution in [-0.4, -0.2) is 55.7 Å². The highest BCUT2D eigenvalue weighted by Gasteiger charge is 2.29. The van der Waals surface area contributed by atoms with Gasteiger partial charge in [0.1, 0.15) is 5.75 Å². The Hall–Kier alpha value is -3.28. The molecule has 2 unspecified atom stereocenters. The third-order valence-electron chi connectivity index (χ3n) is 5.85. The van der Waals surface area contributed by atoms with Gasteiger partial charge in [-0.3, -0.25) is 9.19 Å². The Morgan fingerprint density at radius 3 is 2.59 bits per heavy atom. The van der Waals surface area contributed by atoms with E-state index < -0.39 is 39.1 Å². The molecule has 0 amide bonds. The number of aromatic nitrogens is 3. The molecule has 206 valence electrons. The van der Waals surface area contributed by atoms with Gasteiger partial charge in [-0.2, -0.15) is 8.78 Å². The molecule has 0 aliphatic heterocycles. The van der Waals surface area contributed by atoms with Crippen molar-refractivity contribution in [2.75, 3.05) is 12.4 Å². The number of halogens is 2. The van der Waals surface area contributed by atoms with Crippen LogP contribution in [0.1, 0.15) is 27.2 Å². The van der Waals surface area contributed by atoms with Crippen molar-refractivity contribution in [3.05, 3.63) is 77.1 Å². The number of hydrogen-bond acceptors (Lipinski definition) is 7. The smallest absolute Gasteiger partial charge is 0.335 e. The van der Waals surface area contributed by atoms with Crippen LogP contribution in [0.5, 0.6) is 5.75 Å². The Bertz CT molecular complexity index is 1700. The molecule has 14 heteroatoms. The number of aromatic carboxylic acids is 1. The Balaban J connectivity index is 1.71. The summed E-state index contributed by atoms with van der Waals surface area (Å²) in [7, 11) is -4.96. The van der Waals surface area contributed by atoms with Gasteiger partial charge >= 0.3 is 5.97 Å². The standard InChI is InChI=1S/C25H24F2N3O6PS2/c1-15-7-8-17(23(31)32)13-22(15)39(34,35)30-20-6-4-3-5-19(20)29-24(30)38(33)12-10-18-16(2)21(9-11-28-18)36-14-25(26,27)37/h3-9,11,13H,10,12,14,37H2,1-2H3,(H,31,32). The molecule has 0 aliphatic carbocycles. The summed E-state index contributed by atoms with van der Waals surface area (Å²) in [5.74, 6) is -1.16. The minimum absolute atomic E-state index is 0.0793. The predicted molar refractivity (Wildman–Crippen MR) is 145 cm³/mol. The number of aryl methyl sites for hydroxylation is 2. The number of benzene rings is 2. The molecule has 2 heterocycles. The van der Waals surface area contributed by atoms with E-state index in [1.807, 2.05) is 0 Å². The summed E-state index contributed by atoms with van der Waals surface area (Å²) in [6, 6.07) is 11.6. The minimum Gasteiger partial charge on any atom is -0.487 e. The van der Waals surface area contributed by atoms with Gasteiger partial charge in [0.25, 0.3) is 15.7 Å². The first-order chi connectivity index (χ1) is 18.3. The second kappa shape index (κ2) is 11.1. The molecule has 4 aromatic rings. The Morgan fingerprint density at radius 1 is 1.18 bits per heavy atom. The van der Waals surface area contributed by atoms with Gasteiger partial charge < -0.3 is 9.84 Å². The van der Waals surface area contributed by atoms with E-state index in [2.05, 4.69) is 9.97 Å². The van der Waals surface area contributed by atoms with E-state index in [1.54, 1.807) is 25.1 Å². The summed E-state index contributed by atoms with van der Waals surface area (Å²) < 4.78 is 73.7. The number of para-hydroxylation sites is 2. The summed E-state index contributed by atoms with van der Waals surface area (Å²) in [5, 5.41) is 9.16. The molecule has 0 saturated carbocycles. The summed E-state index contributed by atoms with van der Waals surface area (Å²) in [5.41, 5.74) is -1.60. The molecule has 0 bridgehead atoms. The van der Waals surface area contributed by atoms with Crippen LogP contribution < -0.4 is 4.74 Å². The lowest BCUT2D eigenvalue weighted by Gasteiger charge is -2.15. The monoisotopic (exact) mass is 595 g/mol. The summed E-state index contributed by atoms with van der Waals surface area (Å²) >= 11 is 0. The third-order valence-corrected chi connectivity index (χ3v) is 9.23. The highest BCUT2D eigenvalue weighted by atomic mass is 32.2. The average molecular weight is 596 g/mol. The maximum atomic E-state index is 13.9. The van der Waals surface area contributed by atoms with Crippen LogP contribution in [0, 0.1) is 13.8 Å². The molecule has 0 saturated heterocycles. The van der Waals surface area contributed by atoms with Crippen LogP contribution in [0.3, 0.4) is 0 Å². The highest BCUT2D eigenvalue weighted by Crippen LogP contribution is 2.29. The van der Waals surface area contributed by atoms with E-state index in [9.17, 15) is 31.3 Å². The van der Waals surface area contributed by atoms with Gasteiger partial charge in [0, 0.05) is 29.6 Å². The quantitative estimate of drug-likeness (QED) is 0.271. The van der Waals surface area contributed by atoms with Crippen LogP contribution >= 0.6 is 9.24 Å². The normalized spacial score (nSPS) is 12.9. The molecule has 2 atom stereocenters. The predicted octanol–water partition coefficient (Wildman–Crippen LogP) is 4.18. The van der Waals surface area contributed by atoms with E-state index in [-0.39, 0.29) is 39.1 Å². The number of hydrogen-bond donors (Lipinski definition) is 1. The van der Waals surface area contributed by atoms with Crippen molar-refractivity contribution >= 4 is 47.1 Å². The third kappa shape index (κ3) is 6.15. The van der Waals surface area contributed by atoms with Gasteiger partial charge in [0.2, 0.25) is 5.16 Å². The summed E-state index contributed by atoms with van der Waals surface area (Å²) in [6.45, 7) is 2.32. The van der Waals surface area contributed by atoms with Crippen LogP contribution in [0.4, 0.5) is 8.78 Å². The molecule has 2 aromatic carbocycles. The number of carboxylic acids is 1. The fourth-order valence-electron chi connectivity index (χ4n) is 3.89. The number of rotatable bonds is 10. The maximum absolute atomic E-state index is 13.9. The van der Waals surface area contributed by atoms with Crippen LogP contribution in [-0.2, 0) is 27.2 Å². The first-order valence-corrected chi connectivity index (χ1v) is 14.8. The molecule has 0 spiro atoms. The van der Waals surface area contributed by atoms with Gasteiger partial charge in [-0.1, -0.05) is 27.4 Å². The van der Waals surface area contributed by atoms with E-state index in [0.29, 0.717) is 22.3 Å². The first kappa shape index (κ1) is 28.7. The van der Waals surface area contributed by atoms with Crippen LogP contribution in [0.15, 0.2) is 64.8 Å². The minimum atomic E-state index is -4.41. The Labute approximate surface area is 228 Å². The highest BCUT2D eigenvalue weighted by molar-refractivity contribution is 7.91. The zero-order valence-electron chi connectivity index (χ0n) is 20.8. The fraction of sp³-hybridized carbons (Fsp3) is 0.240. The summed E-state index contributed by atoms with van der Waals surface area (Å²) in [6.07, 6.45) is 1.50. The average Bonchev–Trinajstić information content (AvgIpc) is 3.27. The maximum Gasteiger partial charge on any atom is 0.335 e. The van der Waals surface area contributed by atoms with Gasteiger partial charge in [0.15, 0.2) is 6.61 Å². The van der Waals surface area contributed by atoms with Gasteiger partial charge in [-0.15, -0.1) is 0 Å². The molecule has 0 fully saturated rings. The fourth-order valence-corrected chi connectivity index (χ4v) is 7.17. The second-order valence-corrected chi connectivity index (χ2v) is 12.7. The molecule has 9 nitrogen and oxygen atoms in total. The molecular weight excluding hydrogens is 571 g/mol. The molecule has 1 N–H and O–H groups in total. The number of alkyl halides is 2. The number of imidazole rings is 1. The molecule has 2 aromatic heterocycles. The van der Waals surface area contributed by atoms with E-state index in [1.165, 1.54) is 46.6 Å². The van der Waals surface area contributed by atoms with Crippen molar-refractivity contribution in [1.82, 2.24) is 13.9 Å². The lowest BCUT2D eigenvalue weighted by atomic mass is 10.1. The van der Waals surface area contributed by atoms with Crippen LogP contribution in [0.25, 0.3) is 11.0 Å². The number of pyridine rings is 1. The van der Waals surface area contributed by atoms with E-state index >= 15 is 0 Å². The molecule has 4 rings (SSSR count). The van der Waals surface area contributed by atoms with Crippen LogP contribution in [0.2, 0.25) is 0 Å². The SMILES string of the molecule is Cc1ccc(C(=O)O)cc1S(=O)(=O)n1c(S(=O)CCc2nccc(OCC(F)(F)P)c2C)nc2ccccc21. The molecule has 0 radical (unpaired) electrons. The lowest BCUT2D eigenvalue weighted by Crippen LogP contribution is -2.20. The Kier molecular flexibility index (Phi) is 8.15. The number of carbonyl (C=O) groups is 1. The zero-order chi connectivity index (χ0) is 28.5. The second-order valence-electron chi connectivity index (χ2n) is 8.67. The van der Waals surface area contributed by atoms with Crippen molar-refractivity contribution in [3.63, 3.8) is 0 Å². The van der Waals surface area contributed by atoms with Crippen molar-refractivity contribution in [1.29, 1.82) is 0 Å². The van der Waals surface area contributed by atoms with Crippen molar-refractivity contribution in [3.8, 4) is 5.75 Å². The van der Waals surface area contributed by atoms with Crippen molar-refractivity contribution < 1.29 is 36.0 Å². The number of ether oxygens (including phenoxy) is 1. The molecular formula is C25H24F2N3O6PS2. The van der Waals surface area contributed by atoms with Gasteiger partial charge in [-0.25, -0.2) is 22.2 Å². The topological polar surface area (TPSA) is 128 Å².